The fourth-order valence-corrected chi connectivity index (χ4v) is 3.90. The van der Waals surface area contributed by atoms with Crippen LogP contribution in [0.5, 0.6) is 0 Å². The number of piperidine rings is 1. The molecule has 0 N–H and O–H groups in total. The maximum atomic E-state index is 13.0. The Morgan fingerprint density at radius 3 is 3.04 bits per heavy atom. The Balaban J connectivity index is 1.45. The monoisotopic (exact) mass is 361 g/mol. The molecule has 7 heteroatoms. The molecule has 1 aliphatic heterocycles. The highest BCUT2D eigenvalue weighted by atomic mass is 16.3. The van der Waals surface area contributed by atoms with Crippen LogP contribution in [0.3, 0.4) is 0 Å². The van der Waals surface area contributed by atoms with E-state index in [0.29, 0.717) is 18.1 Å². The van der Waals surface area contributed by atoms with Crippen molar-refractivity contribution in [2.45, 2.75) is 25.7 Å². The van der Waals surface area contributed by atoms with Crippen LogP contribution in [0, 0.1) is 6.92 Å². The van der Waals surface area contributed by atoms with E-state index in [9.17, 15) is 4.79 Å². The van der Waals surface area contributed by atoms with Gasteiger partial charge in [-0.1, -0.05) is 18.2 Å². The first-order valence-electron chi connectivity index (χ1n) is 9.14. The number of benzene rings is 1. The third-order valence-electron chi connectivity index (χ3n) is 5.17. The number of rotatable bonds is 2. The van der Waals surface area contributed by atoms with Crippen LogP contribution in [-0.2, 0) is 0 Å². The van der Waals surface area contributed by atoms with Crippen LogP contribution >= 0.6 is 0 Å². The van der Waals surface area contributed by atoms with Crippen molar-refractivity contribution in [3.05, 3.63) is 59.9 Å². The molecular formula is C20H19N5O2. The quantitative estimate of drug-likeness (QED) is 0.548. The summed E-state index contributed by atoms with van der Waals surface area (Å²) in [5.41, 5.74) is 2.70. The minimum atomic E-state index is -0.0588. The molecule has 0 aliphatic carbocycles. The molecule has 1 amide bonds. The van der Waals surface area contributed by atoms with Gasteiger partial charge in [-0.25, -0.2) is 9.50 Å². The summed E-state index contributed by atoms with van der Waals surface area (Å²) in [6.45, 7) is 3.32. The fourth-order valence-electron chi connectivity index (χ4n) is 3.90. The van der Waals surface area contributed by atoms with Gasteiger partial charge in [0.2, 0.25) is 0 Å². The van der Waals surface area contributed by atoms with Crippen molar-refractivity contribution in [2.75, 3.05) is 13.1 Å². The molecule has 4 heterocycles. The molecule has 1 saturated heterocycles. The minimum absolute atomic E-state index is 0.0588. The van der Waals surface area contributed by atoms with Crippen molar-refractivity contribution in [3.8, 4) is 0 Å². The number of carbonyl (C=O) groups excluding carboxylic acids is 1. The van der Waals surface area contributed by atoms with E-state index in [4.69, 9.17) is 4.42 Å². The number of likely N-dealkylation sites (tertiary alicyclic amines) is 1. The van der Waals surface area contributed by atoms with Gasteiger partial charge in [0.05, 0.1) is 5.69 Å². The van der Waals surface area contributed by atoms with Crippen molar-refractivity contribution in [1.29, 1.82) is 0 Å². The van der Waals surface area contributed by atoms with Gasteiger partial charge in [-0.15, -0.1) is 0 Å². The summed E-state index contributed by atoms with van der Waals surface area (Å²) >= 11 is 0. The highest BCUT2D eigenvalue weighted by molar-refractivity contribution is 5.96. The first kappa shape index (κ1) is 16.0. The molecule has 0 radical (unpaired) electrons. The lowest BCUT2D eigenvalue weighted by Crippen LogP contribution is -2.39. The summed E-state index contributed by atoms with van der Waals surface area (Å²) in [6.07, 6.45) is 3.46. The largest absolute Gasteiger partial charge is 0.451 e. The van der Waals surface area contributed by atoms with Crippen LogP contribution < -0.4 is 0 Å². The number of hydrogen-bond acceptors (Lipinski definition) is 5. The minimum Gasteiger partial charge on any atom is -0.451 e. The smallest absolute Gasteiger partial charge is 0.289 e. The number of nitrogens with zero attached hydrogens (tertiary/aromatic N) is 5. The Labute approximate surface area is 155 Å². The Morgan fingerprint density at radius 2 is 2.15 bits per heavy atom. The Hall–Kier alpha value is -3.22. The van der Waals surface area contributed by atoms with Crippen LogP contribution in [-0.4, -0.2) is 43.5 Å². The maximum Gasteiger partial charge on any atom is 0.289 e. The third-order valence-corrected chi connectivity index (χ3v) is 5.17. The average molecular weight is 361 g/mol. The number of carbonyl (C=O) groups is 1. The van der Waals surface area contributed by atoms with Gasteiger partial charge in [-0.3, -0.25) is 4.79 Å². The molecule has 4 aromatic rings. The van der Waals surface area contributed by atoms with E-state index in [1.54, 1.807) is 4.52 Å². The van der Waals surface area contributed by atoms with Crippen LogP contribution in [0.15, 0.2) is 47.1 Å². The van der Waals surface area contributed by atoms with E-state index >= 15 is 0 Å². The summed E-state index contributed by atoms with van der Waals surface area (Å²) in [5, 5.41) is 5.26. The fraction of sp³-hybridized carbons (Fsp3) is 0.300. The number of fused-ring (bicyclic) bond motifs is 2. The number of aromatic nitrogens is 4. The maximum absolute atomic E-state index is 13.0. The van der Waals surface area contributed by atoms with E-state index in [2.05, 4.69) is 15.1 Å². The van der Waals surface area contributed by atoms with E-state index in [0.717, 1.165) is 41.7 Å². The Morgan fingerprint density at radius 1 is 1.26 bits per heavy atom. The molecule has 1 unspecified atom stereocenters. The van der Waals surface area contributed by atoms with Crippen LogP contribution in [0.4, 0.5) is 0 Å². The Bertz CT molecular complexity index is 1110. The highest BCUT2D eigenvalue weighted by Crippen LogP contribution is 2.29. The zero-order valence-corrected chi connectivity index (χ0v) is 15.0. The summed E-state index contributed by atoms with van der Waals surface area (Å²) in [4.78, 5) is 23.5. The predicted octanol–water partition coefficient (Wildman–Crippen LogP) is 3.20. The molecule has 3 aromatic heterocycles. The molecule has 1 atom stereocenters. The zero-order chi connectivity index (χ0) is 18.4. The van der Waals surface area contributed by atoms with Gasteiger partial charge >= 0.3 is 0 Å². The van der Waals surface area contributed by atoms with Crippen LogP contribution in [0.1, 0.15) is 40.7 Å². The van der Waals surface area contributed by atoms with Gasteiger partial charge in [-0.2, -0.15) is 10.1 Å². The summed E-state index contributed by atoms with van der Waals surface area (Å²) in [7, 11) is 0. The molecule has 7 nitrogen and oxygen atoms in total. The van der Waals surface area contributed by atoms with E-state index in [-0.39, 0.29) is 11.8 Å². The lowest BCUT2D eigenvalue weighted by atomic mass is 9.94. The number of aryl methyl sites for hydroxylation is 1. The number of para-hydroxylation sites is 1. The standard InChI is InChI=1S/C20H19N5O2/c1-13-9-16(25-20(23-13)21-12-22-25)15-6-4-8-24(11-15)19(26)18-10-14-5-2-3-7-17(14)27-18/h2-3,5,7,9-10,12,15H,4,6,8,11H2,1H3. The molecule has 1 aliphatic rings. The van der Waals surface area contributed by atoms with Crippen molar-refractivity contribution in [2.24, 2.45) is 0 Å². The van der Waals surface area contributed by atoms with Gasteiger partial charge in [0.1, 0.15) is 11.9 Å². The van der Waals surface area contributed by atoms with E-state index in [1.807, 2.05) is 48.2 Å². The molecule has 1 fully saturated rings. The topological polar surface area (TPSA) is 76.5 Å². The molecule has 0 spiro atoms. The molecule has 27 heavy (non-hydrogen) atoms. The normalized spacial score (nSPS) is 17.7. The molecule has 0 bridgehead atoms. The van der Waals surface area contributed by atoms with Crippen LogP contribution in [0.25, 0.3) is 16.7 Å². The molecule has 136 valence electrons. The number of furan rings is 1. The summed E-state index contributed by atoms with van der Waals surface area (Å²) in [6, 6.07) is 11.6. The van der Waals surface area contributed by atoms with Gasteiger partial charge in [0.15, 0.2) is 5.76 Å². The predicted molar refractivity (Wildman–Crippen MR) is 99.6 cm³/mol. The van der Waals surface area contributed by atoms with Gasteiger partial charge in [0.25, 0.3) is 11.7 Å². The van der Waals surface area contributed by atoms with Crippen LogP contribution in [0.2, 0.25) is 0 Å². The molecule has 5 rings (SSSR count). The average Bonchev–Trinajstić information content (AvgIpc) is 3.33. The second-order valence-electron chi connectivity index (χ2n) is 7.03. The SMILES string of the molecule is Cc1cc(C2CCCN(C(=O)c3cc4ccccc4o3)C2)n2ncnc2n1. The summed E-state index contributed by atoms with van der Waals surface area (Å²) in [5.74, 6) is 1.13. The van der Waals surface area contributed by atoms with Crippen molar-refractivity contribution < 1.29 is 9.21 Å². The summed E-state index contributed by atoms with van der Waals surface area (Å²) < 4.78 is 7.56. The third kappa shape index (κ3) is 2.75. The highest BCUT2D eigenvalue weighted by Gasteiger charge is 2.29. The van der Waals surface area contributed by atoms with Crippen molar-refractivity contribution >= 4 is 22.7 Å². The van der Waals surface area contributed by atoms with E-state index < -0.39 is 0 Å². The van der Waals surface area contributed by atoms with Gasteiger partial charge < -0.3 is 9.32 Å². The van der Waals surface area contributed by atoms with Gasteiger partial charge in [0, 0.05) is 30.1 Å². The first-order chi connectivity index (χ1) is 13.2. The van der Waals surface area contributed by atoms with Crippen molar-refractivity contribution in [3.63, 3.8) is 0 Å². The molecule has 0 saturated carbocycles. The molecular weight excluding hydrogens is 342 g/mol. The number of amides is 1. The number of hydrogen-bond donors (Lipinski definition) is 0. The first-order valence-corrected chi connectivity index (χ1v) is 9.14. The molecule has 1 aromatic carbocycles. The van der Waals surface area contributed by atoms with Gasteiger partial charge in [-0.05, 0) is 38.0 Å². The van der Waals surface area contributed by atoms with Crippen molar-refractivity contribution in [1.82, 2.24) is 24.5 Å². The van der Waals surface area contributed by atoms with E-state index in [1.165, 1.54) is 6.33 Å². The second-order valence-corrected chi connectivity index (χ2v) is 7.03. The lowest BCUT2D eigenvalue weighted by molar-refractivity contribution is 0.0675. The lowest BCUT2D eigenvalue weighted by Gasteiger charge is -2.32. The second kappa shape index (κ2) is 6.19. The Kier molecular flexibility index (Phi) is 3.67. The zero-order valence-electron chi connectivity index (χ0n) is 15.0.